The number of anilines is 1. The molecule has 1 aliphatic rings. The molecule has 1 fully saturated rings. The van der Waals surface area contributed by atoms with Crippen LogP contribution in [-0.2, 0) is 0 Å². The van der Waals surface area contributed by atoms with Crippen LogP contribution in [0.3, 0.4) is 0 Å². The molecule has 0 unspecified atom stereocenters. The molecule has 3 aromatic heterocycles. The SMILES string of the molecule is Nc1ncc(-c2cccc(C(=O)NC3CC3)c2)cc1-c1nc2cccnc2o1. The average molecular weight is 371 g/mol. The van der Waals surface area contributed by atoms with Crippen LogP contribution in [0.15, 0.2) is 59.3 Å². The smallest absolute Gasteiger partial charge is 0.251 e. The Morgan fingerprint density at radius 1 is 1.11 bits per heavy atom. The summed E-state index contributed by atoms with van der Waals surface area (Å²) in [5, 5.41) is 3.00. The van der Waals surface area contributed by atoms with Gasteiger partial charge in [0.1, 0.15) is 11.3 Å². The molecule has 0 bridgehead atoms. The third-order valence-corrected chi connectivity index (χ3v) is 4.69. The normalized spacial score (nSPS) is 13.6. The first kappa shape index (κ1) is 16.4. The molecule has 0 spiro atoms. The predicted octanol–water partition coefficient (Wildman–Crippen LogP) is 3.43. The van der Waals surface area contributed by atoms with E-state index in [0.29, 0.717) is 40.1 Å². The molecule has 3 N–H and O–H groups in total. The molecule has 3 heterocycles. The lowest BCUT2D eigenvalue weighted by Crippen LogP contribution is -2.25. The van der Waals surface area contributed by atoms with Gasteiger partial charge in [0.2, 0.25) is 11.6 Å². The van der Waals surface area contributed by atoms with E-state index in [0.717, 1.165) is 24.0 Å². The highest BCUT2D eigenvalue weighted by Crippen LogP contribution is 2.31. The molecular formula is C21H17N5O2. The number of benzene rings is 1. The fourth-order valence-corrected chi connectivity index (χ4v) is 3.03. The van der Waals surface area contributed by atoms with Gasteiger partial charge in [-0.15, -0.1) is 0 Å². The zero-order valence-electron chi connectivity index (χ0n) is 14.9. The number of pyridine rings is 2. The van der Waals surface area contributed by atoms with Gasteiger partial charge in [-0.05, 0) is 48.7 Å². The first-order chi connectivity index (χ1) is 13.7. The second-order valence-electron chi connectivity index (χ2n) is 6.83. The van der Waals surface area contributed by atoms with Gasteiger partial charge in [0.25, 0.3) is 5.91 Å². The number of nitrogens with one attached hydrogen (secondary N) is 1. The Morgan fingerprint density at radius 2 is 2.00 bits per heavy atom. The molecular weight excluding hydrogens is 354 g/mol. The molecule has 0 saturated heterocycles. The molecule has 1 saturated carbocycles. The second kappa shape index (κ2) is 6.45. The molecule has 0 aliphatic heterocycles. The number of carbonyl (C=O) groups is 1. The predicted molar refractivity (Wildman–Crippen MR) is 105 cm³/mol. The number of nitrogens with two attached hydrogens (primary N) is 1. The molecule has 0 radical (unpaired) electrons. The van der Waals surface area contributed by atoms with E-state index in [9.17, 15) is 4.79 Å². The van der Waals surface area contributed by atoms with Crippen LogP contribution in [0.1, 0.15) is 23.2 Å². The number of carbonyl (C=O) groups excluding carboxylic acids is 1. The van der Waals surface area contributed by atoms with Crippen molar-refractivity contribution in [3.8, 4) is 22.6 Å². The highest BCUT2D eigenvalue weighted by Gasteiger charge is 2.24. The summed E-state index contributed by atoms with van der Waals surface area (Å²) in [7, 11) is 0. The maximum atomic E-state index is 12.3. The van der Waals surface area contributed by atoms with E-state index in [1.165, 1.54) is 0 Å². The zero-order chi connectivity index (χ0) is 19.1. The van der Waals surface area contributed by atoms with Crippen molar-refractivity contribution in [2.75, 3.05) is 5.73 Å². The Morgan fingerprint density at radius 3 is 2.82 bits per heavy atom. The molecule has 0 atom stereocenters. The standard InChI is InChI=1S/C21H17N5O2/c22-18-16(20-26-17-5-2-8-23-21(17)28-20)10-14(11-24-18)12-3-1-4-13(9-12)19(27)25-15-6-7-15/h1-5,8-11,15H,6-7H2,(H2,22,24)(H,25,27). The van der Waals surface area contributed by atoms with Crippen LogP contribution in [0.2, 0.25) is 0 Å². The molecule has 1 amide bonds. The van der Waals surface area contributed by atoms with Gasteiger partial charge in [-0.3, -0.25) is 4.79 Å². The highest BCUT2D eigenvalue weighted by molar-refractivity contribution is 5.96. The van der Waals surface area contributed by atoms with E-state index in [2.05, 4.69) is 20.3 Å². The minimum Gasteiger partial charge on any atom is -0.418 e. The van der Waals surface area contributed by atoms with Crippen molar-refractivity contribution < 1.29 is 9.21 Å². The Hall–Kier alpha value is -3.74. The number of nitrogen functional groups attached to an aromatic ring is 1. The summed E-state index contributed by atoms with van der Waals surface area (Å²) >= 11 is 0. The Labute approximate surface area is 160 Å². The first-order valence-corrected chi connectivity index (χ1v) is 9.06. The van der Waals surface area contributed by atoms with Gasteiger partial charge in [-0.25, -0.2) is 15.0 Å². The molecule has 28 heavy (non-hydrogen) atoms. The van der Waals surface area contributed by atoms with Gasteiger partial charge in [0.05, 0.1) is 5.56 Å². The number of hydrogen-bond donors (Lipinski definition) is 2. The molecule has 1 aliphatic carbocycles. The Balaban J connectivity index is 1.52. The van der Waals surface area contributed by atoms with Crippen molar-refractivity contribution in [3.05, 3.63) is 60.4 Å². The number of hydrogen-bond acceptors (Lipinski definition) is 6. The average Bonchev–Trinajstić information content (AvgIpc) is 3.43. The summed E-state index contributed by atoms with van der Waals surface area (Å²) in [6, 6.07) is 13.2. The summed E-state index contributed by atoms with van der Waals surface area (Å²) in [5.41, 5.74) is 10.1. The van der Waals surface area contributed by atoms with E-state index >= 15 is 0 Å². The summed E-state index contributed by atoms with van der Waals surface area (Å²) in [6.07, 6.45) is 5.43. The summed E-state index contributed by atoms with van der Waals surface area (Å²) < 4.78 is 5.73. The largest absolute Gasteiger partial charge is 0.418 e. The highest BCUT2D eigenvalue weighted by atomic mass is 16.4. The minimum atomic E-state index is -0.0574. The summed E-state index contributed by atoms with van der Waals surface area (Å²) in [4.78, 5) is 25.2. The van der Waals surface area contributed by atoms with E-state index in [-0.39, 0.29) is 5.91 Å². The molecule has 4 aromatic rings. The maximum Gasteiger partial charge on any atom is 0.251 e. The van der Waals surface area contributed by atoms with Crippen LogP contribution in [-0.4, -0.2) is 26.9 Å². The van der Waals surface area contributed by atoms with E-state index < -0.39 is 0 Å². The van der Waals surface area contributed by atoms with E-state index in [1.54, 1.807) is 24.5 Å². The van der Waals surface area contributed by atoms with Crippen LogP contribution in [0.4, 0.5) is 5.82 Å². The number of fused-ring (bicyclic) bond motifs is 1. The lowest BCUT2D eigenvalue weighted by Gasteiger charge is -2.08. The summed E-state index contributed by atoms with van der Waals surface area (Å²) in [5.74, 6) is 0.624. The monoisotopic (exact) mass is 371 g/mol. The van der Waals surface area contributed by atoms with Gasteiger partial charge >= 0.3 is 0 Å². The molecule has 1 aromatic carbocycles. The van der Waals surface area contributed by atoms with Gasteiger partial charge < -0.3 is 15.5 Å². The molecule has 7 nitrogen and oxygen atoms in total. The van der Waals surface area contributed by atoms with Gasteiger partial charge in [0, 0.05) is 29.6 Å². The lowest BCUT2D eigenvalue weighted by molar-refractivity contribution is 0.0951. The van der Waals surface area contributed by atoms with E-state index in [4.69, 9.17) is 10.2 Å². The topological polar surface area (TPSA) is 107 Å². The Kier molecular flexibility index (Phi) is 3.79. The van der Waals surface area contributed by atoms with Crippen LogP contribution in [0.25, 0.3) is 33.8 Å². The number of oxazole rings is 1. The molecule has 138 valence electrons. The van der Waals surface area contributed by atoms with Crippen molar-refractivity contribution in [1.82, 2.24) is 20.3 Å². The number of nitrogens with zero attached hydrogens (tertiary/aromatic N) is 3. The maximum absolute atomic E-state index is 12.3. The second-order valence-corrected chi connectivity index (χ2v) is 6.83. The van der Waals surface area contributed by atoms with E-state index in [1.807, 2.05) is 30.3 Å². The van der Waals surface area contributed by atoms with Crippen LogP contribution in [0, 0.1) is 0 Å². The zero-order valence-corrected chi connectivity index (χ0v) is 14.9. The van der Waals surface area contributed by atoms with Crippen molar-refractivity contribution in [1.29, 1.82) is 0 Å². The minimum absolute atomic E-state index is 0.0574. The third-order valence-electron chi connectivity index (χ3n) is 4.69. The van der Waals surface area contributed by atoms with Gasteiger partial charge in [-0.1, -0.05) is 12.1 Å². The quantitative estimate of drug-likeness (QED) is 0.569. The number of rotatable bonds is 4. The van der Waals surface area contributed by atoms with Gasteiger partial charge in [0.15, 0.2) is 0 Å². The van der Waals surface area contributed by atoms with Gasteiger partial charge in [-0.2, -0.15) is 0 Å². The van der Waals surface area contributed by atoms with Crippen molar-refractivity contribution in [2.24, 2.45) is 0 Å². The van der Waals surface area contributed by atoms with Crippen LogP contribution >= 0.6 is 0 Å². The fourth-order valence-electron chi connectivity index (χ4n) is 3.03. The van der Waals surface area contributed by atoms with Crippen LogP contribution in [0.5, 0.6) is 0 Å². The lowest BCUT2D eigenvalue weighted by atomic mass is 10.0. The first-order valence-electron chi connectivity index (χ1n) is 9.06. The fraction of sp³-hybridized carbons (Fsp3) is 0.143. The van der Waals surface area contributed by atoms with Crippen molar-refractivity contribution in [3.63, 3.8) is 0 Å². The molecule has 7 heteroatoms. The Bertz CT molecular complexity index is 1160. The van der Waals surface area contributed by atoms with Crippen molar-refractivity contribution >= 4 is 23.0 Å². The number of aromatic nitrogens is 3. The summed E-state index contributed by atoms with van der Waals surface area (Å²) in [6.45, 7) is 0. The van der Waals surface area contributed by atoms with Crippen LogP contribution < -0.4 is 11.1 Å². The number of amides is 1. The van der Waals surface area contributed by atoms with Crippen molar-refractivity contribution in [2.45, 2.75) is 18.9 Å². The molecule has 5 rings (SSSR count). The third kappa shape index (κ3) is 3.07.